The number of aryl methyl sites for hydroxylation is 1. The van der Waals surface area contributed by atoms with E-state index < -0.39 is 10.0 Å². The Balaban J connectivity index is 1.81. The van der Waals surface area contributed by atoms with E-state index in [4.69, 9.17) is 0 Å². The van der Waals surface area contributed by atoms with Crippen LogP contribution in [0, 0.1) is 6.92 Å². The SMILES string of the molecule is CCc1c(C(=O)Nc2ccc(N3CCCS3(=O)=O)cc2)[nH]c(C)c1C(C)=O. The molecule has 0 spiro atoms. The summed E-state index contributed by atoms with van der Waals surface area (Å²) in [6.45, 7) is 5.64. The van der Waals surface area contributed by atoms with Gasteiger partial charge >= 0.3 is 0 Å². The molecule has 27 heavy (non-hydrogen) atoms. The van der Waals surface area contributed by atoms with Crippen molar-refractivity contribution in [3.63, 3.8) is 0 Å². The predicted molar refractivity (Wildman–Crippen MR) is 105 cm³/mol. The largest absolute Gasteiger partial charge is 0.354 e. The van der Waals surface area contributed by atoms with Crippen molar-refractivity contribution >= 4 is 33.1 Å². The lowest BCUT2D eigenvalue weighted by Gasteiger charge is -2.17. The first kappa shape index (κ1) is 19.2. The van der Waals surface area contributed by atoms with Gasteiger partial charge in [0.2, 0.25) is 10.0 Å². The Morgan fingerprint density at radius 1 is 1.22 bits per heavy atom. The third-order valence-corrected chi connectivity index (χ3v) is 6.61. The number of hydrogen-bond donors (Lipinski definition) is 2. The highest BCUT2D eigenvalue weighted by molar-refractivity contribution is 7.93. The van der Waals surface area contributed by atoms with E-state index in [1.165, 1.54) is 11.2 Å². The van der Waals surface area contributed by atoms with Gasteiger partial charge in [0.1, 0.15) is 5.69 Å². The normalized spacial score (nSPS) is 15.7. The van der Waals surface area contributed by atoms with Crippen LogP contribution in [0.5, 0.6) is 0 Å². The zero-order chi connectivity index (χ0) is 19.8. The summed E-state index contributed by atoms with van der Waals surface area (Å²) in [6.07, 6.45) is 1.18. The minimum absolute atomic E-state index is 0.0733. The first-order valence-electron chi connectivity index (χ1n) is 8.88. The molecular formula is C19H23N3O4S. The van der Waals surface area contributed by atoms with E-state index in [0.29, 0.717) is 53.3 Å². The molecule has 2 heterocycles. The molecule has 2 N–H and O–H groups in total. The van der Waals surface area contributed by atoms with Crippen LogP contribution in [0.25, 0.3) is 0 Å². The molecule has 1 aliphatic rings. The fraction of sp³-hybridized carbons (Fsp3) is 0.368. The van der Waals surface area contributed by atoms with Gasteiger partial charge in [-0.25, -0.2) is 8.42 Å². The van der Waals surface area contributed by atoms with Crippen LogP contribution < -0.4 is 9.62 Å². The first-order valence-corrected chi connectivity index (χ1v) is 10.5. The molecule has 0 radical (unpaired) electrons. The van der Waals surface area contributed by atoms with Gasteiger partial charge < -0.3 is 10.3 Å². The van der Waals surface area contributed by atoms with Gasteiger partial charge in [-0.05, 0) is 56.5 Å². The first-order chi connectivity index (χ1) is 12.7. The van der Waals surface area contributed by atoms with Gasteiger partial charge in [0.25, 0.3) is 5.91 Å². The number of ketones is 1. The molecule has 0 saturated carbocycles. The van der Waals surface area contributed by atoms with Crippen LogP contribution in [0.2, 0.25) is 0 Å². The molecule has 0 unspecified atom stereocenters. The maximum absolute atomic E-state index is 12.7. The molecule has 8 heteroatoms. The van der Waals surface area contributed by atoms with Crippen molar-refractivity contribution in [1.82, 2.24) is 4.98 Å². The van der Waals surface area contributed by atoms with E-state index in [2.05, 4.69) is 10.3 Å². The number of anilines is 2. The average molecular weight is 389 g/mol. The van der Waals surface area contributed by atoms with Crippen molar-refractivity contribution in [3.8, 4) is 0 Å². The second-order valence-corrected chi connectivity index (χ2v) is 8.64. The molecule has 0 atom stereocenters. The average Bonchev–Trinajstić information content (AvgIpc) is 3.14. The molecule has 144 valence electrons. The number of rotatable bonds is 5. The molecular weight excluding hydrogens is 366 g/mol. The topological polar surface area (TPSA) is 99.3 Å². The van der Waals surface area contributed by atoms with Crippen molar-refractivity contribution in [2.75, 3.05) is 21.9 Å². The van der Waals surface area contributed by atoms with Crippen LogP contribution >= 0.6 is 0 Å². The van der Waals surface area contributed by atoms with E-state index in [0.717, 1.165) is 0 Å². The third kappa shape index (κ3) is 3.62. The summed E-state index contributed by atoms with van der Waals surface area (Å²) in [5.74, 6) is -0.240. The number of aromatic nitrogens is 1. The van der Waals surface area contributed by atoms with E-state index >= 15 is 0 Å². The van der Waals surface area contributed by atoms with Crippen molar-refractivity contribution in [2.24, 2.45) is 0 Å². The van der Waals surface area contributed by atoms with Crippen LogP contribution in [0.3, 0.4) is 0 Å². The van der Waals surface area contributed by atoms with Gasteiger partial charge in [-0.1, -0.05) is 6.92 Å². The van der Waals surface area contributed by atoms with E-state index in [1.54, 1.807) is 31.2 Å². The number of hydrogen-bond acceptors (Lipinski definition) is 4. The molecule has 3 rings (SSSR count). The number of carbonyl (C=O) groups is 2. The lowest BCUT2D eigenvalue weighted by molar-refractivity contribution is 0.101. The fourth-order valence-electron chi connectivity index (χ4n) is 3.53. The minimum atomic E-state index is -3.23. The molecule has 1 saturated heterocycles. The zero-order valence-corrected chi connectivity index (χ0v) is 16.4. The standard InChI is InChI=1S/C19H23N3O4S/c1-4-16-17(13(3)23)12(2)20-18(16)19(24)21-14-6-8-15(9-7-14)22-10-5-11-27(22,25)26/h6-9,20H,4-5,10-11H2,1-3H3,(H,21,24). The van der Waals surface area contributed by atoms with E-state index in [1.807, 2.05) is 6.92 Å². The summed E-state index contributed by atoms with van der Waals surface area (Å²) in [5.41, 5.74) is 3.48. The van der Waals surface area contributed by atoms with Gasteiger partial charge in [-0.15, -0.1) is 0 Å². The number of benzene rings is 1. The van der Waals surface area contributed by atoms with Crippen LogP contribution in [0.15, 0.2) is 24.3 Å². The molecule has 0 aliphatic carbocycles. The highest BCUT2D eigenvalue weighted by Crippen LogP contribution is 2.26. The predicted octanol–water partition coefficient (Wildman–Crippen LogP) is 2.88. The molecule has 7 nitrogen and oxygen atoms in total. The Hall–Kier alpha value is -2.61. The second kappa shape index (κ2) is 7.19. The van der Waals surface area contributed by atoms with Crippen molar-refractivity contribution < 1.29 is 18.0 Å². The minimum Gasteiger partial charge on any atom is -0.354 e. The Morgan fingerprint density at radius 3 is 2.41 bits per heavy atom. The summed E-state index contributed by atoms with van der Waals surface area (Å²) >= 11 is 0. The Morgan fingerprint density at radius 2 is 1.89 bits per heavy atom. The molecule has 1 aliphatic heterocycles. The Labute approximate surface area is 158 Å². The van der Waals surface area contributed by atoms with Crippen molar-refractivity contribution in [3.05, 3.63) is 46.8 Å². The van der Waals surface area contributed by atoms with Crippen LogP contribution in [0.1, 0.15) is 52.4 Å². The van der Waals surface area contributed by atoms with Crippen LogP contribution in [-0.2, 0) is 16.4 Å². The molecule has 1 aromatic carbocycles. The lowest BCUT2D eigenvalue weighted by Crippen LogP contribution is -2.25. The van der Waals surface area contributed by atoms with Gasteiger partial charge in [0.15, 0.2) is 5.78 Å². The Bertz CT molecular complexity index is 991. The number of nitrogens with zero attached hydrogens (tertiary/aromatic N) is 1. The number of H-pyrrole nitrogens is 1. The number of sulfonamides is 1. The third-order valence-electron chi connectivity index (χ3n) is 4.74. The van der Waals surface area contributed by atoms with Crippen LogP contribution in [-0.4, -0.2) is 37.4 Å². The molecule has 1 aromatic heterocycles. The second-order valence-electron chi connectivity index (χ2n) is 6.63. The summed E-state index contributed by atoms with van der Waals surface area (Å²) in [4.78, 5) is 27.5. The van der Waals surface area contributed by atoms with Gasteiger partial charge in [-0.3, -0.25) is 13.9 Å². The molecule has 1 amide bonds. The summed E-state index contributed by atoms with van der Waals surface area (Å²) in [7, 11) is -3.23. The summed E-state index contributed by atoms with van der Waals surface area (Å²) in [6, 6.07) is 6.71. The quantitative estimate of drug-likeness (QED) is 0.768. The number of Topliss-reactive ketones (excluding diaryl/α,β-unsaturated/α-hetero) is 1. The fourth-order valence-corrected chi connectivity index (χ4v) is 5.10. The highest BCUT2D eigenvalue weighted by atomic mass is 32.2. The highest BCUT2D eigenvalue weighted by Gasteiger charge is 2.28. The van der Waals surface area contributed by atoms with Crippen molar-refractivity contribution in [2.45, 2.75) is 33.6 Å². The van der Waals surface area contributed by atoms with E-state index in [9.17, 15) is 18.0 Å². The number of nitrogens with one attached hydrogen (secondary N) is 2. The van der Waals surface area contributed by atoms with E-state index in [-0.39, 0.29) is 17.4 Å². The molecule has 1 fully saturated rings. The Kier molecular flexibility index (Phi) is 5.10. The van der Waals surface area contributed by atoms with Gasteiger partial charge in [-0.2, -0.15) is 0 Å². The number of carbonyl (C=O) groups excluding carboxylic acids is 2. The zero-order valence-electron chi connectivity index (χ0n) is 15.6. The maximum Gasteiger partial charge on any atom is 0.272 e. The monoisotopic (exact) mass is 389 g/mol. The number of aromatic amines is 1. The molecule has 0 bridgehead atoms. The summed E-state index contributed by atoms with van der Waals surface area (Å²) < 4.78 is 25.4. The lowest BCUT2D eigenvalue weighted by atomic mass is 10.0. The smallest absolute Gasteiger partial charge is 0.272 e. The summed E-state index contributed by atoms with van der Waals surface area (Å²) in [5, 5.41) is 2.80. The molecule has 2 aromatic rings. The van der Waals surface area contributed by atoms with Gasteiger partial charge in [0.05, 0.1) is 11.4 Å². The maximum atomic E-state index is 12.7. The van der Waals surface area contributed by atoms with Gasteiger partial charge in [0, 0.05) is 23.5 Å². The number of amides is 1. The van der Waals surface area contributed by atoms with Crippen LogP contribution in [0.4, 0.5) is 11.4 Å². The van der Waals surface area contributed by atoms with Crippen molar-refractivity contribution in [1.29, 1.82) is 0 Å².